The van der Waals surface area contributed by atoms with Crippen LogP contribution in [-0.2, 0) is 19.2 Å². The Labute approximate surface area is 253 Å². The Kier molecular flexibility index (Phi) is 6.25. The van der Waals surface area contributed by atoms with E-state index in [9.17, 15) is 24.3 Å². The van der Waals surface area contributed by atoms with Crippen molar-refractivity contribution in [1.29, 1.82) is 0 Å². The Balaban J connectivity index is 1.40. The van der Waals surface area contributed by atoms with Crippen LogP contribution in [0.3, 0.4) is 0 Å². The van der Waals surface area contributed by atoms with Crippen LogP contribution in [0.25, 0.3) is 0 Å². The molecule has 6 atom stereocenters. The summed E-state index contributed by atoms with van der Waals surface area (Å²) in [7, 11) is 1.49. The average Bonchev–Trinajstić information content (AvgIpc) is 3.38. The summed E-state index contributed by atoms with van der Waals surface area (Å²) in [5.74, 6) is -4.46. The van der Waals surface area contributed by atoms with Gasteiger partial charge in [-0.25, -0.2) is 4.90 Å². The molecule has 0 spiro atoms. The maximum Gasteiger partial charge on any atom is 0.241 e. The fraction of sp³-hybridized carbons (Fsp3) is 0.294. The molecule has 0 bridgehead atoms. The van der Waals surface area contributed by atoms with E-state index < -0.39 is 35.0 Å². The Hall–Kier alpha value is -4.43. The fourth-order valence-corrected chi connectivity index (χ4v) is 8.12. The molecule has 8 nitrogen and oxygen atoms in total. The summed E-state index contributed by atoms with van der Waals surface area (Å²) < 4.78 is 5.70. The van der Waals surface area contributed by atoms with Crippen LogP contribution in [-0.4, -0.2) is 35.8 Å². The summed E-state index contributed by atoms with van der Waals surface area (Å²) in [5.41, 5.74) is 0.795. The van der Waals surface area contributed by atoms with Crippen molar-refractivity contribution in [2.24, 2.45) is 29.1 Å². The number of phenols is 1. The maximum absolute atomic E-state index is 14.5. The van der Waals surface area contributed by atoms with Crippen LogP contribution < -0.4 is 14.5 Å². The van der Waals surface area contributed by atoms with Crippen molar-refractivity contribution in [3.05, 3.63) is 95.0 Å². The molecule has 6 unspecified atom stereocenters. The van der Waals surface area contributed by atoms with Gasteiger partial charge in [-0.2, -0.15) is 0 Å². The van der Waals surface area contributed by atoms with Gasteiger partial charge in [0.15, 0.2) is 0 Å². The van der Waals surface area contributed by atoms with Gasteiger partial charge in [0.05, 0.1) is 41.7 Å². The van der Waals surface area contributed by atoms with Crippen LogP contribution in [0.4, 0.5) is 11.4 Å². The first-order valence-electron chi connectivity index (χ1n) is 14.3. The van der Waals surface area contributed by atoms with Gasteiger partial charge in [0.25, 0.3) is 0 Å². The zero-order chi connectivity index (χ0) is 30.2. The molecule has 9 heteroatoms. The first-order valence-corrected chi connectivity index (χ1v) is 14.7. The van der Waals surface area contributed by atoms with Crippen LogP contribution in [0.2, 0.25) is 5.02 Å². The Morgan fingerprint density at radius 3 is 2.23 bits per heavy atom. The average molecular weight is 597 g/mol. The zero-order valence-corrected chi connectivity index (χ0v) is 24.3. The van der Waals surface area contributed by atoms with Gasteiger partial charge in [-0.3, -0.25) is 24.1 Å². The molecule has 2 aliphatic heterocycles. The molecule has 1 N–H and O–H groups in total. The molecule has 3 aromatic carbocycles. The number of hydrogen-bond acceptors (Lipinski definition) is 6. The van der Waals surface area contributed by atoms with Gasteiger partial charge < -0.3 is 9.84 Å². The number of carbonyl (C=O) groups excluding carboxylic acids is 4. The van der Waals surface area contributed by atoms with Gasteiger partial charge in [-0.15, -0.1) is 0 Å². The lowest BCUT2D eigenvalue weighted by Gasteiger charge is -2.49. The summed E-state index contributed by atoms with van der Waals surface area (Å²) >= 11 is 6.07. The lowest BCUT2D eigenvalue weighted by Crippen LogP contribution is -2.49. The van der Waals surface area contributed by atoms with Crippen molar-refractivity contribution < 1.29 is 29.0 Å². The summed E-state index contributed by atoms with van der Waals surface area (Å²) in [6.07, 6.45) is 2.46. The van der Waals surface area contributed by atoms with E-state index in [0.717, 1.165) is 5.57 Å². The number of para-hydroxylation sites is 1. The minimum Gasteiger partial charge on any atom is -0.508 e. The van der Waals surface area contributed by atoms with Crippen LogP contribution >= 0.6 is 11.6 Å². The van der Waals surface area contributed by atoms with Gasteiger partial charge >= 0.3 is 0 Å². The number of amides is 4. The first kappa shape index (κ1) is 27.4. The Bertz CT molecular complexity index is 1720. The largest absolute Gasteiger partial charge is 0.508 e. The number of aromatic hydroxyl groups is 1. The Morgan fingerprint density at radius 2 is 1.53 bits per heavy atom. The molecule has 43 heavy (non-hydrogen) atoms. The quantitative estimate of drug-likeness (QED) is 0.316. The number of phenolic OH excluding ortho intramolecular Hbond substituents is 1. The normalized spacial score (nSPS) is 29.7. The monoisotopic (exact) mass is 596 g/mol. The third kappa shape index (κ3) is 3.75. The molecule has 0 radical (unpaired) electrons. The number of halogens is 1. The molecule has 3 aromatic rings. The van der Waals surface area contributed by atoms with Crippen LogP contribution in [0.1, 0.15) is 31.2 Å². The van der Waals surface area contributed by atoms with E-state index in [1.807, 2.05) is 12.1 Å². The highest BCUT2D eigenvalue weighted by Crippen LogP contribution is 2.65. The topological polar surface area (TPSA) is 104 Å². The number of allylic oxidation sites excluding steroid dienone is 2. The number of anilines is 2. The molecule has 1 saturated carbocycles. The summed E-state index contributed by atoms with van der Waals surface area (Å²) in [5, 5.41) is 11.8. The van der Waals surface area contributed by atoms with Crippen molar-refractivity contribution >= 4 is 46.6 Å². The molecule has 0 aromatic heterocycles. The van der Waals surface area contributed by atoms with Gasteiger partial charge in [-0.05, 0) is 74.2 Å². The molecule has 218 valence electrons. The number of hydrogen-bond donors (Lipinski definition) is 1. The third-order valence-corrected chi connectivity index (χ3v) is 10.2. The molecular weight excluding hydrogens is 568 g/mol. The number of fused-ring (bicyclic) bond motifs is 4. The van der Waals surface area contributed by atoms with E-state index in [1.165, 1.54) is 23.0 Å². The number of imide groups is 2. The van der Waals surface area contributed by atoms with Gasteiger partial charge in [0, 0.05) is 16.5 Å². The maximum atomic E-state index is 14.5. The second-order valence-electron chi connectivity index (χ2n) is 11.9. The van der Waals surface area contributed by atoms with Crippen molar-refractivity contribution in [2.45, 2.75) is 25.7 Å². The second kappa shape index (κ2) is 9.81. The van der Waals surface area contributed by atoms with Crippen molar-refractivity contribution in [2.75, 3.05) is 16.9 Å². The number of benzene rings is 3. The van der Waals surface area contributed by atoms with E-state index in [0.29, 0.717) is 34.1 Å². The third-order valence-electron chi connectivity index (χ3n) is 9.93. The van der Waals surface area contributed by atoms with Gasteiger partial charge in [0.1, 0.15) is 11.5 Å². The molecule has 2 aliphatic carbocycles. The predicted molar refractivity (Wildman–Crippen MR) is 160 cm³/mol. The Morgan fingerprint density at radius 1 is 0.837 bits per heavy atom. The standard InChI is InChI=1S/C34H29ClN2O6/c1-34-24(31(40)37(33(34)42)19-7-4-3-5-8-19)17-23-21(29(34)28-25(38)9-6-10-26(28)43-2)15-16-22-27(23)32(41)36(30(22)39)20-13-11-18(35)12-14-20/h3-15,22-24,27,29,38H,16-17H2,1-2H3. The summed E-state index contributed by atoms with van der Waals surface area (Å²) in [6.45, 7) is 1.78. The minimum absolute atomic E-state index is 0.0666. The van der Waals surface area contributed by atoms with E-state index in [-0.39, 0.29) is 35.8 Å². The minimum atomic E-state index is -1.28. The van der Waals surface area contributed by atoms with Crippen molar-refractivity contribution in [1.82, 2.24) is 0 Å². The lowest BCUT2D eigenvalue weighted by molar-refractivity contribution is -0.131. The van der Waals surface area contributed by atoms with Crippen molar-refractivity contribution in [3.63, 3.8) is 0 Å². The number of ether oxygens (including phenoxy) is 1. The lowest BCUT2D eigenvalue weighted by atomic mass is 9.51. The summed E-state index contributed by atoms with van der Waals surface area (Å²) in [6, 6.07) is 20.3. The molecule has 2 heterocycles. The van der Waals surface area contributed by atoms with E-state index in [2.05, 4.69) is 0 Å². The predicted octanol–water partition coefficient (Wildman–Crippen LogP) is 5.49. The number of nitrogens with zero attached hydrogens (tertiary/aromatic N) is 2. The molecule has 7 rings (SSSR count). The SMILES string of the molecule is COc1cccc(O)c1C1C2=CCC3C(=O)N(c4ccc(Cl)cc4)C(=O)C3C2CC2C(=O)N(c3ccccc3)C(=O)C21C. The van der Waals surface area contributed by atoms with Crippen LogP contribution in [0.15, 0.2) is 84.4 Å². The highest BCUT2D eigenvalue weighted by atomic mass is 35.5. The molecule has 3 fully saturated rings. The number of methoxy groups -OCH3 is 1. The highest BCUT2D eigenvalue weighted by Gasteiger charge is 2.68. The van der Waals surface area contributed by atoms with Gasteiger partial charge in [-0.1, -0.05) is 47.5 Å². The fourth-order valence-electron chi connectivity index (χ4n) is 7.99. The molecule has 2 saturated heterocycles. The zero-order valence-electron chi connectivity index (χ0n) is 23.6. The number of rotatable bonds is 4. The van der Waals surface area contributed by atoms with E-state index >= 15 is 0 Å². The van der Waals surface area contributed by atoms with Crippen LogP contribution in [0, 0.1) is 29.1 Å². The summed E-state index contributed by atoms with van der Waals surface area (Å²) in [4.78, 5) is 59.0. The first-order chi connectivity index (χ1) is 20.7. The van der Waals surface area contributed by atoms with Crippen molar-refractivity contribution in [3.8, 4) is 11.5 Å². The molecule has 4 aliphatic rings. The van der Waals surface area contributed by atoms with Crippen LogP contribution in [0.5, 0.6) is 11.5 Å². The second-order valence-corrected chi connectivity index (χ2v) is 12.3. The van der Waals surface area contributed by atoms with Gasteiger partial charge in [0.2, 0.25) is 23.6 Å². The van der Waals surface area contributed by atoms with E-state index in [4.69, 9.17) is 16.3 Å². The smallest absolute Gasteiger partial charge is 0.241 e. The highest BCUT2D eigenvalue weighted by molar-refractivity contribution is 6.31. The van der Waals surface area contributed by atoms with E-state index in [1.54, 1.807) is 67.6 Å². The molecule has 4 amide bonds. The molecular formula is C34H29ClN2O6. The number of carbonyl (C=O) groups is 4.